The van der Waals surface area contributed by atoms with Gasteiger partial charge in [0.05, 0.1) is 20.1 Å². The second kappa shape index (κ2) is 9.97. The van der Waals surface area contributed by atoms with Gasteiger partial charge in [-0.3, -0.25) is 19.7 Å². The highest BCUT2D eigenvalue weighted by Gasteiger charge is 2.52. The van der Waals surface area contributed by atoms with E-state index in [0.717, 1.165) is 29.5 Å². The monoisotopic (exact) mass is 478 g/mol. The summed E-state index contributed by atoms with van der Waals surface area (Å²) in [6, 6.07) is 14.8. The molecule has 0 aliphatic carbocycles. The van der Waals surface area contributed by atoms with Gasteiger partial charge in [0.15, 0.2) is 5.75 Å². The molecular formula is C24H22N4O5S. The highest BCUT2D eigenvalue weighted by Crippen LogP contribution is 2.32. The summed E-state index contributed by atoms with van der Waals surface area (Å²) in [5.74, 6) is -1.82. The first-order valence-electron chi connectivity index (χ1n) is 11.0. The zero-order chi connectivity index (χ0) is 24.1. The van der Waals surface area contributed by atoms with Gasteiger partial charge >= 0.3 is 11.3 Å². The Hall–Kier alpha value is -3.84. The van der Waals surface area contributed by atoms with Gasteiger partial charge in [-0.25, -0.2) is 4.98 Å². The van der Waals surface area contributed by atoms with Crippen molar-refractivity contribution < 1.29 is 19.2 Å². The molecule has 2 heterocycles. The minimum Gasteiger partial charge on any atom is -0.449 e. The first-order valence-corrected chi connectivity index (χ1v) is 11.8. The lowest BCUT2D eigenvalue weighted by molar-refractivity contribution is -0.386. The summed E-state index contributed by atoms with van der Waals surface area (Å²) in [6.07, 6.45) is 2.49. The van der Waals surface area contributed by atoms with E-state index >= 15 is 0 Å². The first kappa shape index (κ1) is 23.3. The molecule has 1 aliphatic rings. The molecule has 0 saturated carbocycles. The van der Waals surface area contributed by atoms with Crippen molar-refractivity contribution in [1.29, 1.82) is 5.26 Å². The Balaban J connectivity index is 1.65. The Morgan fingerprint density at radius 3 is 2.56 bits per heavy atom. The van der Waals surface area contributed by atoms with E-state index in [4.69, 9.17) is 4.74 Å². The zero-order valence-electron chi connectivity index (χ0n) is 18.3. The summed E-state index contributed by atoms with van der Waals surface area (Å²) in [5, 5.41) is 22.3. The number of nitriles is 1. The Morgan fingerprint density at radius 1 is 1.15 bits per heavy atom. The largest absolute Gasteiger partial charge is 0.449 e. The van der Waals surface area contributed by atoms with E-state index in [1.807, 2.05) is 24.3 Å². The van der Waals surface area contributed by atoms with E-state index < -0.39 is 27.9 Å². The SMILES string of the molecule is N#CC(Oc1ccccc1[N+](=O)[O-])(C(=O)CCc1nc2ccccc2s1)C(=O)N1CCCCC1. The Morgan fingerprint density at radius 2 is 1.85 bits per heavy atom. The molecule has 1 atom stereocenters. The molecule has 9 nitrogen and oxygen atoms in total. The fraction of sp³-hybridized carbons (Fsp3) is 0.333. The average molecular weight is 479 g/mol. The lowest BCUT2D eigenvalue weighted by Crippen LogP contribution is -2.58. The second-order valence-corrected chi connectivity index (χ2v) is 9.09. The number of likely N-dealkylation sites (tertiary alicyclic amines) is 1. The molecule has 3 aromatic rings. The molecule has 4 rings (SSSR count). The van der Waals surface area contributed by atoms with Gasteiger partial charge in [0.25, 0.3) is 5.91 Å². The number of fused-ring (bicyclic) bond motifs is 1. The maximum atomic E-state index is 13.5. The van der Waals surface area contributed by atoms with Crippen LogP contribution in [0.5, 0.6) is 5.75 Å². The van der Waals surface area contributed by atoms with Crippen LogP contribution in [0.15, 0.2) is 48.5 Å². The molecule has 0 N–H and O–H groups in total. The van der Waals surface area contributed by atoms with Gasteiger partial charge in [-0.2, -0.15) is 5.26 Å². The van der Waals surface area contributed by atoms with Crippen LogP contribution in [-0.2, 0) is 16.0 Å². The Kier molecular flexibility index (Phi) is 6.84. The van der Waals surface area contributed by atoms with Crippen LogP contribution < -0.4 is 4.74 Å². The number of para-hydroxylation sites is 3. The fourth-order valence-electron chi connectivity index (χ4n) is 3.96. The summed E-state index contributed by atoms with van der Waals surface area (Å²) in [6.45, 7) is 0.793. The Labute approximate surface area is 199 Å². The van der Waals surface area contributed by atoms with E-state index in [9.17, 15) is 25.0 Å². The number of aromatic nitrogens is 1. The number of nitrogens with zero attached hydrogens (tertiary/aromatic N) is 4. The molecule has 0 bridgehead atoms. The quantitative estimate of drug-likeness (QED) is 0.271. The molecule has 1 fully saturated rings. The van der Waals surface area contributed by atoms with Crippen molar-refractivity contribution in [1.82, 2.24) is 9.88 Å². The van der Waals surface area contributed by atoms with Crippen LogP contribution in [0.3, 0.4) is 0 Å². The molecule has 2 aromatic carbocycles. The van der Waals surface area contributed by atoms with Crippen molar-refractivity contribution in [2.75, 3.05) is 13.1 Å². The van der Waals surface area contributed by atoms with Gasteiger partial charge in [-0.15, -0.1) is 11.3 Å². The molecule has 1 aromatic heterocycles. The number of carbonyl (C=O) groups excluding carboxylic acids is 2. The minimum absolute atomic E-state index is 0.173. The zero-order valence-corrected chi connectivity index (χ0v) is 19.1. The van der Waals surface area contributed by atoms with Crippen LogP contribution in [0.25, 0.3) is 10.2 Å². The highest BCUT2D eigenvalue weighted by molar-refractivity contribution is 7.18. The van der Waals surface area contributed by atoms with Crippen LogP contribution in [0.1, 0.15) is 30.7 Å². The van der Waals surface area contributed by atoms with E-state index in [0.29, 0.717) is 18.1 Å². The number of hydrogen-bond donors (Lipinski definition) is 0. The summed E-state index contributed by atoms with van der Waals surface area (Å²) in [4.78, 5) is 43.7. The fourth-order valence-corrected chi connectivity index (χ4v) is 4.92. The van der Waals surface area contributed by atoms with Crippen molar-refractivity contribution in [2.24, 2.45) is 0 Å². The topological polar surface area (TPSA) is 126 Å². The normalized spacial score (nSPS) is 15.3. The number of ketones is 1. The van der Waals surface area contributed by atoms with Crippen molar-refractivity contribution in [3.63, 3.8) is 0 Å². The molecule has 1 amide bonds. The van der Waals surface area contributed by atoms with Crippen LogP contribution in [-0.4, -0.2) is 45.2 Å². The average Bonchev–Trinajstić information content (AvgIpc) is 3.29. The number of nitro benzene ring substituents is 1. The second-order valence-electron chi connectivity index (χ2n) is 7.97. The number of carbonyl (C=O) groups is 2. The third kappa shape index (κ3) is 4.61. The summed E-state index contributed by atoms with van der Waals surface area (Å²) >= 11 is 1.43. The minimum atomic E-state index is -2.51. The third-order valence-corrected chi connectivity index (χ3v) is 6.82. The van der Waals surface area contributed by atoms with Crippen molar-refractivity contribution >= 4 is 38.9 Å². The van der Waals surface area contributed by atoms with Crippen molar-refractivity contribution in [2.45, 2.75) is 37.7 Å². The van der Waals surface area contributed by atoms with Gasteiger partial charge < -0.3 is 9.64 Å². The number of nitro groups is 1. The standard InChI is InChI=1S/C24H22N4O5S/c25-16-24(23(30)27-14-6-1-7-15-27,33-19-10-4-3-9-18(19)28(31)32)21(29)12-13-22-26-17-8-2-5-11-20(17)34-22/h2-5,8-11H,1,6-7,12-15H2. The highest BCUT2D eigenvalue weighted by atomic mass is 32.1. The number of rotatable bonds is 8. The first-order chi connectivity index (χ1) is 16.4. The van der Waals surface area contributed by atoms with Crippen LogP contribution >= 0.6 is 11.3 Å². The third-order valence-electron chi connectivity index (χ3n) is 5.72. The molecule has 0 radical (unpaired) electrons. The van der Waals surface area contributed by atoms with E-state index in [1.165, 1.54) is 40.5 Å². The number of aryl methyl sites for hydroxylation is 1. The van der Waals surface area contributed by atoms with Crippen molar-refractivity contribution in [3.05, 3.63) is 63.7 Å². The number of piperidine rings is 1. The van der Waals surface area contributed by atoms with E-state index in [1.54, 1.807) is 6.07 Å². The van der Waals surface area contributed by atoms with Gasteiger partial charge in [-0.05, 0) is 37.5 Å². The smallest absolute Gasteiger partial charge is 0.330 e. The number of thiazole rings is 1. The van der Waals surface area contributed by atoms with Crippen molar-refractivity contribution in [3.8, 4) is 11.8 Å². The molecule has 174 valence electrons. The predicted octanol–water partition coefficient (Wildman–Crippen LogP) is 4.06. The maximum absolute atomic E-state index is 13.5. The lowest BCUT2D eigenvalue weighted by Gasteiger charge is -2.33. The number of ether oxygens (including phenoxy) is 1. The number of amides is 1. The molecule has 1 saturated heterocycles. The molecule has 34 heavy (non-hydrogen) atoms. The van der Waals surface area contributed by atoms with Gasteiger partial charge in [-0.1, -0.05) is 24.3 Å². The Bertz CT molecular complexity index is 1240. The maximum Gasteiger partial charge on any atom is 0.330 e. The van der Waals surface area contributed by atoms with E-state index in [-0.39, 0.29) is 18.6 Å². The predicted molar refractivity (Wildman–Crippen MR) is 125 cm³/mol. The molecule has 1 aliphatic heterocycles. The summed E-state index contributed by atoms with van der Waals surface area (Å²) in [7, 11) is 0. The van der Waals surface area contributed by atoms with Gasteiger partial charge in [0.1, 0.15) is 6.07 Å². The summed E-state index contributed by atoms with van der Waals surface area (Å²) in [5.41, 5.74) is -2.13. The van der Waals surface area contributed by atoms with Crippen LogP contribution in [0.4, 0.5) is 5.69 Å². The van der Waals surface area contributed by atoms with Gasteiger partial charge in [0, 0.05) is 32.0 Å². The molecule has 10 heteroatoms. The summed E-state index contributed by atoms with van der Waals surface area (Å²) < 4.78 is 6.68. The molecule has 0 spiro atoms. The van der Waals surface area contributed by atoms with Crippen LogP contribution in [0, 0.1) is 21.4 Å². The molecule has 1 unspecified atom stereocenters. The van der Waals surface area contributed by atoms with Gasteiger partial charge in [0.2, 0.25) is 5.78 Å². The van der Waals surface area contributed by atoms with Crippen LogP contribution in [0.2, 0.25) is 0 Å². The molecular weight excluding hydrogens is 456 g/mol. The van der Waals surface area contributed by atoms with E-state index in [2.05, 4.69) is 4.98 Å². The lowest BCUT2D eigenvalue weighted by atomic mass is 9.93. The number of benzene rings is 2. The number of hydrogen-bond acceptors (Lipinski definition) is 8. The number of Topliss-reactive ketones (excluding diaryl/α,β-unsaturated/α-hetero) is 1.